The van der Waals surface area contributed by atoms with Crippen molar-refractivity contribution in [3.8, 4) is 28.0 Å². The Kier molecular flexibility index (Phi) is 11.4. The van der Waals surface area contributed by atoms with Crippen LogP contribution < -0.4 is 14.2 Å². The summed E-state index contributed by atoms with van der Waals surface area (Å²) in [6, 6.07) is 16.0. The molecule has 2 saturated carbocycles. The number of furan rings is 1. The minimum Gasteiger partial charge on any atom is -0.454 e. The van der Waals surface area contributed by atoms with E-state index in [1.807, 2.05) is 32.0 Å². The number of rotatable bonds is 11. The second-order valence-corrected chi connectivity index (χ2v) is 16.3. The number of aryl methyl sites for hydroxylation is 3. The lowest BCUT2D eigenvalue weighted by molar-refractivity contribution is -0.174. The molecule has 2 aromatic heterocycles. The number of carbonyl (C=O) groups is 4. The number of thiazole rings is 1. The zero-order chi connectivity index (χ0) is 40.4. The molecule has 0 aliphatic heterocycles. The van der Waals surface area contributed by atoms with Gasteiger partial charge in [-0.2, -0.15) is 0 Å². The second-order valence-electron chi connectivity index (χ2n) is 15.3. The Labute approximate surface area is 334 Å². The van der Waals surface area contributed by atoms with Gasteiger partial charge < -0.3 is 23.4 Å². The average molecular weight is 792 g/mol. The smallest absolute Gasteiger partial charge is 0.335 e. The van der Waals surface area contributed by atoms with Crippen LogP contribution in [0.4, 0.5) is 0 Å². The number of hydrogen-bond donors (Lipinski definition) is 1. The lowest BCUT2D eigenvalue weighted by Crippen LogP contribution is -2.42. The third-order valence-electron chi connectivity index (χ3n) is 11.3. The Morgan fingerprint density at radius 3 is 2.04 bits per heavy atom. The predicted molar refractivity (Wildman–Crippen MR) is 213 cm³/mol. The molecule has 1 atom stereocenters. The Hall–Kier alpha value is -5.69. The van der Waals surface area contributed by atoms with Crippen LogP contribution in [0, 0.1) is 50.0 Å². The molecule has 0 amide bonds. The molecule has 7 rings (SSSR count). The summed E-state index contributed by atoms with van der Waals surface area (Å²) >= 11 is 1.50. The van der Waals surface area contributed by atoms with Gasteiger partial charge in [-0.05, 0) is 138 Å². The van der Waals surface area contributed by atoms with E-state index in [1.165, 1.54) is 23.5 Å². The van der Waals surface area contributed by atoms with Crippen molar-refractivity contribution in [3.63, 3.8) is 0 Å². The molecule has 296 valence electrons. The van der Waals surface area contributed by atoms with E-state index in [-0.39, 0.29) is 23.7 Å². The standard InChI is InChI=1S/C44H45N3O9S/c1-6-37(48)52-31-16-18-32(19-17-31)53-41(49)27-8-10-29(11-9-27)43(51)56-44(5,47-45)30-14-12-28(13-15-30)42(50)55-34-20-7-25(3)39-38(34)46-40(57-39)36-23-33-26(4)21-24(2)22-35(33)54-36/h6-7,16-23,27-30,45H,1,8-15H2,2-5H3. The molecule has 3 aromatic carbocycles. The number of aromatic nitrogens is 1. The van der Waals surface area contributed by atoms with Crippen molar-refractivity contribution in [1.82, 2.24) is 4.98 Å². The van der Waals surface area contributed by atoms with Crippen LogP contribution in [0.1, 0.15) is 75.0 Å². The van der Waals surface area contributed by atoms with Crippen molar-refractivity contribution >= 4 is 56.4 Å². The number of nitrogens with zero attached hydrogens (tertiary/aromatic N) is 2. The van der Waals surface area contributed by atoms with Crippen molar-refractivity contribution in [2.75, 3.05) is 0 Å². The quantitative estimate of drug-likeness (QED) is 0.0588. The average Bonchev–Trinajstić information content (AvgIpc) is 3.86. The summed E-state index contributed by atoms with van der Waals surface area (Å²) in [5.74, 6) is -1.50. The molecule has 1 N–H and O–H groups in total. The maximum absolute atomic E-state index is 13.5. The Morgan fingerprint density at radius 2 is 1.40 bits per heavy atom. The van der Waals surface area contributed by atoms with Gasteiger partial charge in [0.2, 0.25) is 5.72 Å². The van der Waals surface area contributed by atoms with Crippen LogP contribution in [0.3, 0.4) is 0 Å². The SMILES string of the molecule is C=CC(=O)Oc1ccc(OC(=O)C2CCC(C(=O)OC(C)(N=N)C3CCC(C(=O)Oc4ccc(C)c5sc(-c6cc7c(C)cc(C)cc7o6)nc45)CC3)CC2)cc1. The highest BCUT2D eigenvalue weighted by Gasteiger charge is 2.44. The first kappa shape index (κ1) is 39.5. The summed E-state index contributed by atoms with van der Waals surface area (Å²) in [7, 11) is 0. The van der Waals surface area contributed by atoms with Crippen LogP contribution in [0.25, 0.3) is 32.0 Å². The fraction of sp³-hybridized carbons (Fsp3) is 0.386. The van der Waals surface area contributed by atoms with E-state index < -0.39 is 29.6 Å². The van der Waals surface area contributed by atoms with Gasteiger partial charge in [-0.25, -0.2) is 15.3 Å². The molecule has 2 fully saturated rings. The van der Waals surface area contributed by atoms with Gasteiger partial charge in [-0.15, -0.1) is 16.5 Å². The van der Waals surface area contributed by atoms with Crippen LogP contribution in [-0.4, -0.2) is 34.6 Å². The minimum absolute atomic E-state index is 0.246. The van der Waals surface area contributed by atoms with Crippen molar-refractivity contribution in [3.05, 3.63) is 83.9 Å². The molecule has 13 heteroatoms. The van der Waals surface area contributed by atoms with Crippen LogP contribution in [-0.2, 0) is 23.9 Å². The molecule has 57 heavy (non-hydrogen) atoms. The Balaban J connectivity index is 0.913. The molecule has 2 aliphatic rings. The summed E-state index contributed by atoms with van der Waals surface area (Å²) in [6.07, 6.45) is 4.87. The summed E-state index contributed by atoms with van der Waals surface area (Å²) < 4.78 is 29.7. The number of esters is 4. The van der Waals surface area contributed by atoms with Gasteiger partial charge in [0.15, 0.2) is 16.5 Å². The van der Waals surface area contributed by atoms with E-state index in [2.05, 4.69) is 24.7 Å². The normalized spacial score (nSPS) is 20.6. The van der Waals surface area contributed by atoms with E-state index in [0.717, 1.165) is 38.4 Å². The molecule has 1 unspecified atom stereocenters. The zero-order valence-corrected chi connectivity index (χ0v) is 33.2. The highest BCUT2D eigenvalue weighted by molar-refractivity contribution is 7.21. The van der Waals surface area contributed by atoms with Crippen molar-refractivity contribution < 1.29 is 42.5 Å². The molecular formula is C44H45N3O9S. The predicted octanol–water partition coefficient (Wildman–Crippen LogP) is 10.1. The van der Waals surface area contributed by atoms with Gasteiger partial charge in [0.1, 0.15) is 22.6 Å². The summed E-state index contributed by atoms with van der Waals surface area (Å²) in [5.41, 5.74) is 11.3. The van der Waals surface area contributed by atoms with Crippen molar-refractivity contribution in [2.24, 2.45) is 28.8 Å². The number of carbonyl (C=O) groups excluding carboxylic acids is 4. The summed E-state index contributed by atoms with van der Waals surface area (Å²) in [6.45, 7) is 11.1. The molecule has 5 aromatic rings. The van der Waals surface area contributed by atoms with E-state index >= 15 is 0 Å². The van der Waals surface area contributed by atoms with Crippen LogP contribution >= 0.6 is 11.3 Å². The molecule has 0 radical (unpaired) electrons. The fourth-order valence-electron chi connectivity index (χ4n) is 7.93. The van der Waals surface area contributed by atoms with Crippen LogP contribution in [0.2, 0.25) is 0 Å². The van der Waals surface area contributed by atoms with Crippen molar-refractivity contribution in [1.29, 1.82) is 5.53 Å². The maximum atomic E-state index is 13.5. The van der Waals surface area contributed by atoms with Crippen molar-refractivity contribution in [2.45, 2.75) is 84.8 Å². The van der Waals surface area contributed by atoms with Gasteiger partial charge in [0.25, 0.3) is 0 Å². The third kappa shape index (κ3) is 8.53. The summed E-state index contributed by atoms with van der Waals surface area (Å²) in [4.78, 5) is 56.1. The number of benzene rings is 3. The first-order valence-electron chi connectivity index (χ1n) is 19.2. The summed E-state index contributed by atoms with van der Waals surface area (Å²) in [5, 5.41) is 5.55. The number of fused-ring (bicyclic) bond motifs is 2. The van der Waals surface area contributed by atoms with E-state index in [0.29, 0.717) is 84.9 Å². The van der Waals surface area contributed by atoms with E-state index in [9.17, 15) is 19.2 Å². The Morgan fingerprint density at radius 1 is 0.807 bits per heavy atom. The maximum Gasteiger partial charge on any atom is 0.335 e. The largest absolute Gasteiger partial charge is 0.454 e. The van der Waals surface area contributed by atoms with Gasteiger partial charge in [0.05, 0.1) is 22.5 Å². The minimum atomic E-state index is -1.37. The molecule has 2 aliphatic carbocycles. The highest BCUT2D eigenvalue weighted by atomic mass is 32.1. The molecule has 2 heterocycles. The topological polar surface area (TPSA) is 167 Å². The van der Waals surface area contributed by atoms with Gasteiger partial charge in [-0.1, -0.05) is 18.7 Å². The Bertz CT molecular complexity index is 2370. The number of ether oxygens (including phenoxy) is 4. The van der Waals surface area contributed by atoms with Gasteiger partial charge in [-0.3, -0.25) is 14.4 Å². The monoisotopic (exact) mass is 791 g/mol. The van der Waals surface area contributed by atoms with Gasteiger partial charge >= 0.3 is 23.9 Å². The fourth-order valence-corrected chi connectivity index (χ4v) is 8.93. The molecule has 0 spiro atoms. The zero-order valence-electron chi connectivity index (χ0n) is 32.4. The van der Waals surface area contributed by atoms with Gasteiger partial charge in [0, 0.05) is 17.4 Å². The van der Waals surface area contributed by atoms with Crippen LogP contribution in [0.5, 0.6) is 17.2 Å². The molecular weight excluding hydrogens is 747 g/mol. The third-order valence-corrected chi connectivity index (χ3v) is 12.5. The molecule has 0 saturated heterocycles. The first-order chi connectivity index (χ1) is 27.3. The number of hydrogen-bond acceptors (Lipinski definition) is 13. The lowest BCUT2D eigenvalue weighted by atomic mass is 9.77. The second kappa shape index (κ2) is 16.4. The van der Waals surface area contributed by atoms with E-state index in [1.54, 1.807) is 25.1 Å². The first-order valence-corrected chi connectivity index (χ1v) is 20.1. The molecule has 0 bridgehead atoms. The number of nitrogens with one attached hydrogen (secondary N) is 1. The lowest BCUT2D eigenvalue weighted by Gasteiger charge is -2.37. The highest BCUT2D eigenvalue weighted by Crippen LogP contribution is 2.43. The van der Waals surface area contributed by atoms with E-state index in [4.69, 9.17) is 33.9 Å². The molecule has 12 nitrogen and oxygen atoms in total. The van der Waals surface area contributed by atoms with Crippen LogP contribution in [0.15, 0.2) is 76.8 Å².